The normalized spacial score (nSPS) is 13.0. The van der Waals surface area contributed by atoms with Gasteiger partial charge in [-0.15, -0.1) is 0 Å². The van der Waals surface area contributed by atoms with E-state index < -0.39 is 0 Å². The molecule has 1 unspecified atom stereocenters. The summed E-state index contributed by atoms with van der Waals surface area (Å²) in [5.74, 6) is 1.17. The Morgan fingerprint density at radius 3 is 2.71 bits per heavy atom. The maximum absolute atomic E-state index is 5.16. The number of benzene rings is 1. The standard InChI is InChI=1S/C14H23NOS/c1-12(11-17-4)15(2)9-13-6-5-7-14(8-13)10-16-3/h5-8,12H,9-11H2,1-4H3. The molecule has 0 radical (unpaired) electrons. The van der Waals surface area contributed by atoms with Crippen LogP contribution < -0.4 is 0 Å². The second kappa shape index (κ2) is 7.75. The molecule has 0 aliphatic heterocycles. The van der Waals surface area contributed by atoms with E-state index in [1.165, 1.54) is 16.9 Å². The summed E-state index contributed by atoms with van der Waals surface area (Å²) in [6, 6.07) is 9.23. The molecule has 96 valence electrons. The van der Waals surface area contributed by atoms with Crippen molar-refractivity contribution in [2.75, 3.05) is 26.2 Å². The van der Waals surface area contributed by atoms with E-state index >= 15 is 0 Å². The zero-order valence-corrected chi connectivity index (χ0v) is 12.1. The molecule has 17 heavy (non-hydrogen) atoms. The predicted molar refractivity (Wildman–Crippen MR) is 76.5 cm³/mol. The van der Waals surface area contributed by atoms with Gasteiger partial charge in [-0.25, -0.2) is 0 Å². The first-order valence-electron chi connectivity index (χ1n) is 5.93. The highest BCUT2D eigenvalue weighted by atomic mass is 32.2. The van der Waals surface area contributed by atoms with Crippen molar-refractivity contribution >= 4 is 11.8 Å². The summed E-state index contributed by atoms with van der Waals surface area (Å²) in [6.07, 6.45) is 2.16. The van der Waals surface area contributed by atoms with Crippen LogP contribution in [0.25, 0.3) is 0 Å². The van der Waals surface area contributed by atoms with Crippen LogP contribution in [0.1, 0.15) is 18.1 Å². The van der Waals surface area contributed by atoms with E-state index in [-0.39, 0.29) is 0 Å². The van der Waals surface area contributed by atoms with Crippen molar-refractivity contribution < 1.29 is 4.74 Å². The van der Waals surface area contributed by atoms with Gasteiger partial charge in [0.25, 0.3) is 0 Å². The summed E-state index contributed by atoms with van der Waals surface area (Å²) in [7, 11) is 3.92. The first-order chi connectivity index (χ1) is 8.17. The van der Waals surface area contributed by atoms with Crippen molar-refractivity contribution in [2.24, 2.45) is 0 Å². The van der Waals surface area contributed by atoms with Crippen molar-refractivity contribution in [3.63, 3.8) is 0 Å². The lowest BCUT2D eigenvalue weighted by Gasteiger charge is -2.24. The first kappa shape index (κ1) is 14.6. The van der Waals surface area contributed by atoms with Crippen LogP contribution in [0.5, 0.6) is 0 Å². The summed E-state index contributed by atoms with van der Waals surface area (Å²) < 4.78 is 5.16. The molecule has 1 atom stereocenters. The lowest BCUT2D eigenvalue weighted by Crippen LogP contribution is -2.30. The fourth-order valence-corrected chi connectivity index (χ4v) is 2.53. The smallest absolute Gasteiger partial charge is 0.0713 e. The first-order valence-corrected chi connectivity index (χ1v) is 7.32. The number of methoxy groups -OCH3 is 1. The summed E-state index contributed by atoms with van der Waals surface area (Å²) in [5.41, 5.74) is 2.60. The van der Waals surface area contributed by atoms with Crippen molar-refractivity contribution in [3.8, 4) is 0 Å². The van der Waals surface area contributed by atoms with E-state index in [0.29, 0.717) is 12.6 Å². The van der Waals surface area contributed by atoms with Gasteiger partial charge in [0, 0.05) is 25.4 Å². The van der Waals surface area contributed by atoms with Gasteiger partial charge >= 0.3 is 0 Å². The lowest BCUT2D eigenvalue weighted by atomic mass is 10.1. The number of nitrogens with zero attached hydrogens (tertiary/aromatic N) is 1. The lowest BCUT2D eigenvalue weighted by molar-refractivity contribution is 0.184. The van der Waals surface area contributed by atoms with Crippen LogP contribution in [0, 0.1) is 0 Å². The Balaban J connectivity index is 2.58. The summed E-state index contributed by atoms with van der Waals surface area (Å²) >= 11 is 1.90. The Morgan fingerprint density at radius 1 is 1.35 bits per heavy atom. The number of rotatable bonds is 7. The number of hydrogen-bond donors (Lipinski definition) is 0. The van der Waals surface area contributed by atoms with Gasteiger partial charge in [-0.3, -0.25) is 4.90 Å². The van der Waals surface area contributed by atoms with Crippen LogP contribution in [0.15, 0.2) is 24.3 Å². The molecule has 1 rings (SSSR count). The van der Waals surface area contributed by atoms with Gasteiger partial charge in [0.15, 0.2) is 0 Å². The monoisotopic (exact) mass is 253 g/mol. The molecule has 0 bridgehead atoms. The molecule has 0 saturated heterocycles. The fraction of sp³-hybridized carbons (Fsp3) is 0.571. The second-order valence-electron chi connectivity index (χ2n) is 4.47. The zero-order valence-electron chi connectivity index (χ0n) is 11.3. The van der Waals surface area contributed by atoms with E-state index in [9.17, 15) is 0 Å². The molecular formula is C14H23NOS. The number of hydrogen-bond acceptors (Lipinski definition) is 3. The van der Waals surface area contributed by atoms with Crippen LogP contribution in [0.4, 0.5) is 0 Å². The minimum Gasteiger partial charge on any atom is -0.380 e. The van der Waals surface area contributed by atoms with Crippen molar-refractivity contribution in [1.29, 1.82) is 0 Å². The van der Waals surface area contributed by atoms with Gasteiger partial charge in [0.2, 0.25) is 0 Å². The van der Waals surface area contributed by atoms with Crippen LogP contribution >= 0.6 is 11.8 Å². The molecule has 3 heteroatoms. The van der Waals surface area contributed by atoms with E-state index in [4.69, 9.17) is 4.74 Å². The average molecular weight is 253 g/mol. The molecule has 0 aromatic heterocycles. The molecule has 0 amide bonds. The molecule has 1 aromatic rings. The highest BCUT2D eigenvalue weighted by Crippen LogP contribution is 2.11. The molecule has 0 aliphatic rings. The molecule has 2 nitrogen and oxygen atoms in total. The highest BCUT2D eigenvalue weighted by molar-refractivity contribution is 7.98. The highest BCUT2D eigenvalue weighted by Gasteiger charge is 2.08. The second-order valence-corrected chi connectivity index (χ2v) is 5.38. The largest absolute Gasteiger partial charge is 0.380 e. The summed E-state index contributed by atoms with van der Waals surface area (Å²) in [4.78, 5) is 2.39. The SMILES string of the molecule is COCc1cccc(CN(C)C(C)CSC)c1. The summed E-state index contributed by atoms with van der Waals surface area (Å²) in [6.45, 7) is 3.96. The van der Waals surface area contributed by atoms with Gasteiger partial charge < -0.3 is 4.74 Å². The van der Waals surface area contributed by atoms with Gasteiger partial charge in [-0.05, 0) is 31.4 Å². The Labute approximate surface area is 109 Å². The third kappa shape index (κ3) is 5.11. The van der Waals surface area contributed by atoms with Crippen molar-refractivity contribution in [2.45, 2.75) is 26.1 Å². The van der Waals surface area contributed by atoms with Gasteiger partial charge in [0.05, 0.1) is 6.61 Å². The molecule has 0 aliphatic carbocycles. The molecule has 0 spiro atoms. The van der Waals surface area contributed by atoms with E-state index in [1.807, 2.05) is 11.8 Å². The predicted octanol–water partition coefficient (Wildman–Crippen LogP) is 3.02. The van der Waals surface area contributed by atoms with Crippen molar-refractivity contribution in [1.82, 2.24) is 4.90 Å². The summed E-state index contributed by atoms with van der Waals surface area (Å²) in [5, 5.41) is 0. The molecule has 0 heterocycles. The third-order valence-corrected chi connectivity index (χ3v) is 3.71. The topological polar surface area (TPSA) is 12.5 Å². The van der Waals surface area contributed by atoms with Gasteiger partial charge in [-0.2, -0.15) is 11.8 Å². The molecule has 1 aromatic carbocycles. The van der Waals surface area contributed by atoms with Crippen molar-refractivity contribution in [3.05, 3.63) is 35.4 Å². The number of ether oxygens (including phenoxy) is 1. The Morgan fingerprint density at radius 2 is 2.06 bits per heavy atom. The van der Waals surface area contributed by atoms with Crippen LogP contribution in [-0.2, 0) is 17.9 Å². The maximum Gasteiger partial charge on any atom is 0.0713 e. The Kier molecular flexibility index (Phi) is 6.63. The quantitative estimate of drug-likeness (QED) is 0.741. The van der Waals surface area contributed by atoms with E-state index in [0.717, 1.165) is 6.54 Å². The van der Waals surface area contributed by atoms with E-state index in [1.54, 1.807) is 7.11 Å². The molecule has 0 fully saturated rings. The van der Waals surface area contributed by atoms with Crippen LogP contribution in [0.3, 0.4) is 0 Å². The molecule has 0 saturated carbocycles. The van der Waals surface area contributed by atoms with Gasteiger partial charge in [0.1, 0.15) is 0 Å². The Hall–Kier alpha value is -0.510. The van der Waals surface area contributed by atoms with Gasteiger partial charge in [-0.1, -0.05) is 24.3 Å². The average Bonchev–Trinajstić information content (AvgIpc) is 2.30. The number of thioether (sulfide) groups is 1. The molecular weight excluding hydrogens is 230 g/mol. The maximum atomic E-state index is 5.16. The fourth-order valence-electron chi connectivity index (χ4n) is 1.80. The minimum absolute atomic E-state index is 0.607. The third-order valence-electron chi connectivity index (χ3n) is 2.89. The van der Waals surface area contributed by atoms with Crippen LogP contribution in [-0.4, -0.2) is 37.1 Å². The van der Waals surface area contributed by atoms with Crippen LogP contribution in [0.2, 0.25) is 0 Å². The zero-order chi connectivity index (χ0) is 12.7. The Bertz CT molecular complexity index is 330. The minimum atomic E-state index is 0.607. The molecule has 0 N–H and O–H groups in total. The van der Waals surface area contributed by atoms with E-state index in [2.05, 4.69) is 49.4 Å².